The van der Waals surface area contributed by atoms with E-state index in [0.717, 1.165) is 10.6 Å². The third-order valence-corrected chi connectivity index (χ3v) is 3.04. The van der Waals surface area contributed by atoms with Crippen molar-refractivity contribution in [1.82, 2.24) is 9.29 Å². The molecular formula is C9H12N2O4S. The highest BCUT2D eigenvalue weighted by Crippen LogP contribution is 2.05. The van der Waals surface area contributed by atoms with E-state index in [4.69, 9.17) is 5.11 Å². The van der Waals surface area contributed by atoms with Crippen molar-refractivity contribution in [1.29, 1.82) is 0 Å². The van der Waals surface area contributed by atoms with Crippen molar-refractivity contribution in [2.24, 2.45) is 0 Å². The molecule has 0 aliphatic carbocycles. The SMILES string of the molecule is CS(=O)(=O)N(CC(=O)O)Cc1ccccn1. The van der Waals surface area contributed by atoms with Crippen LogP contribution in [0.3, 0.4) is 0 Å². The highest BCUT2D eigenvalue weighted by atomic mass is 32.2. The summed E-state index contributed by atoms with van der Waals surface area (Å²) in [5.74, 6) is -1.19. The molecule has 1 N–H and O–H groups in total. The fourth-order valence-electron chi connectivity index (χ4n) is 1.11. The van der Waals surface area contributed by atoms with Crippen LogP contribution in [0, 0.1) is 0 Å². The summed E-state index contributed by atoms with van der Waals surface area (Å²) in [7, 11) is -3.55. The molecule has 7 heteroatoms. The molecule has 1 heterocycles. The molecule has 1 aromatic heterocycles. The molecule has 6 nitrogen and oxygen atoms in total. The molecule has 88 valence electrons. The number of aliphatic carboxylic acids is 1. The number of hydrogen-bond acceptors (Lipinski definition) is 4. The van der Waals surface area contributed by atoms with E-state index in [1.165, 1.54) is 6.20 Å². The zero-order valence-corrected chi connectivity index (χ0v) is 9.51. The summed E-state index contributed by atoms with van der Waals surface area (Å²) < 4.78 is 23.5. The lowest BCUT2D eigenvalue weighted by Gasteiger charge is -2.16. The lowest BCUT2D eigenvalue weighted by atomic mass is 10.3. The van der Waals surface area contributed by atoms with Crippen molar-refractivity contribution < 1.29 is 18.3 Å². The number of sulfonamides is 1. The van der Waals surface area contributed by atoms with Crippen molar-refractivity contribution in [3.05, 3.63) is 30.1 Å². The van der Waals surface area contributed by atoms with Crippen LogP contribution >= 0.6 is 0 Å². The fourth-order valence-corrected chi connectivity index (χ4v) is 1.83. The van der Waals surface area contributed by atoms with Crippen LogP contribution in [0.4, 0.5) is 0 Å². The average molecular weight is 244 g/mol. The Hall–Kier alpha value is -1.47. The molecular weight excluding hydrogens is 232 g/mol. The molecule has 0 bridgehead atoms. The molecule has 0 saturated heterocycles. The van der Waals surface area contributed by atoms with Crippen molar-refractivity contribution in [2.45, 2.75) is 6.54 Å². The molecule has 0 atom stereocenters. The van der Waals surface area contributed by atoms with E-state index >= 15 is 0 Å². The van der Waals surface area contributed by atoms with Crippen LogP contribution in [0.25, 0.3) is 0 Å². The fraction of sp³-hybridized carbons (Fsp3) is 0.333. The van der Waals surface area contributed by atoms with Gasteiger partial charge in [-0.1, -0.05) is 6.07 Å². The molecule has 0 aromatic carbocycles. The van der Waals surface area contributed by atoms with Gasteiger partial charge in [-0.25, -0.2) is 8.42 Å². The number of rotatable bonds is 5. The summed E-state index contributed by atoms with van der Waals surface area (Å²) in [5.41, 5.74) is 0.508. The van der Waals surface area contributed by atoms with E-state index in [0.29, 0.717) is 5.69 Å². The van der Waals surface area contributed by atoms with E-state index in [1.54, 1.807) is 18.2 Å². The molecule has 0 amide bonds. The summed E-state index contributed by atoms with van der Waals surface area (Å²) in [4.78, 5) is 14.5. The molecule has 0 aliphatic rings. The molecule has 16 heavy (non-hydrogen) atoms. The zero-order chi connectivity index (χ0) is 12.2. The van der Waals surface area contributed by atoms with E-state index < -0.39 is 22.5 Å². The first-order chi connectivity index (χ1) is 7.39. The number of pyridine rings is 1. The maximum absolute atomic E-state index is 11.3. The molecule has 0 spiro atoms. The molecule has 0 unspecified atom stereocenters. The molecule has 0 fully saturated rings. The maximum Gasteiger partial charge on any atom is 0.318 e. The second kappa shape index (κ2) is 5.04. The predicted octanol–water partition coefficient (Wildman–Crippen LogP) is -0.0722. The highest BCUT2D eigenvalue weighted by Gasteiger charge is 2.20. The summed E-state index contributed by atoms with van der Waals surface area (Å²) >= 11 is 0. The predicted molar refractivity (Wildman–Crippen MR) is 57.1 cm³/mol. The minimum absolute atomic E-state index is 0.0357. The van der Waals surface area contributed by atoms with E-state index in [2.05, 4.69) is 4.98 Å². The number of carboxylic acids is 1. The molecule has 1 rings (SSSR count). The summed E-state index contributed by atoms with van der Waals surface area (Å²) in [6, 6.07) is 5.05. The van der Waals surface area contributed by atoms with Gasteiger partial charge in [-0.05, 0) is 12.1 Å². The second-order valence-corrected chi connectivity index (χ2v) is 5.23. The van der Waals surface area contributed by atoms with Gasteiger partial charge < -0.3 is 5.11 Å². The van der Waals surface area contributed by atoms with E-state index in [1.807, 2.05) is 0 Å². The summed E-state index contributed by atoms with van der Waals surface area (Å²) in [6.07, 6.45) is 2.50. The van der Waals surface area contributed by atoms with E-state index in [9.17, 15) is 13.2 Å². The number of nitrogens with zero attached hydrogens (tertiary/aromatic N) is 2. The van der Waals surface area contributed by atoms with Crippen molar-refractivity contribution in [2.75, 3.05) is 12.8 Å². The van der Waals surface area contributed by atoms with Crippen molar-refractivity contribution >= 4 is 16.0 Å². The first-order valence-electron chi connectivity index (χ1n) is 4.46. The van der Waals surface area contributed by atoms with Crippen molar-refractivity contribution in [3.63, 3.8) is 0 Å². The van der Waals surface area contributed by atoms with Gasteiger partial charge in [0.05, 0.1) is 18.5 Å². The Balaban J connectivity index is 2.84. The third kappa shape index (κ3) is 3.95. The minimum atomic E-state index is -3.55. The second-order valence-electron chi connectivity index (χ2n) is 3.25. The Bertz CT molecular complexity index is 458. The number of hydrogen-bond donors (Lipinski definition) is 1. The summed E-state index contributed by atoms with van der Waals surface area (Å²) in [5, 5.41) is 8.60. The van der Waals surface area contributed by atoms with Gasteiger partial charge in [0, 0.05) is 6.20 Å². The van der Waals surface area contributed by atoms with Crippen LogP contribution in [0.1, 0.15) is 5.69 Å². The Morgan fingerprint density at radius 2 is 2.19 bits per heavy atom. The monoisotopic (exact) mass is 244 g/mol. The maximum atomic E-state index is 11.3. The number of carbonyl (C=O) groups is 1. The standard InChI is InChI=1S/C9H12N2O4S/c1-16(14,15)11(7-9(12)13)6-8-4-2-3-5-10-8/h2-5H,6-7H2,1H3,(H,12,13). The van der Waals surface area contributed by atoms with Gasteiger partial charge >= 0.3 is 5.97 Å². The first kappa shape index (κ1) is 12.6. The van der Waals surface area contributed by atoms with Gasteiger partial charge in [-0.2, -0.15) is 4.31 Å². The van der Waals surface area contributed by atoms with Gasteiger partial charge in [0.15, 0.2) is 0 Å². The van der Waals surface area contributed by atoms with Crippen LogP contribution in [-0.2, 0) is 21.4 Å². The van der Waals surface area contributed by atoms with E-state index in [-0.39, 0.29) is 6.54 Å². The van der Waals surface area contributed by atoms with Crippen LogP contribution in [0.15, 0.2) is 24.4 Å². The van der Waals surface area contributed by atoms with Crippen LogP contribution in [-0.4, -0.2) is 41.6 Å². The van der Waals surface area contributed by atoms with Gasteiger partial charge in [0.1, 0.15) is 6.54 Å². The third-order valence-electron chi connectivity index (χ3n) is 1.85. The Morgan fingerprint density at radius 1 is 1.50 bits per heavy atom. The lowest BCUT2D eigenvalue weighted by Crippen LogP contribution is -2.34. The topological polar surface area (TPSA) is 87.6 Å². The number of carboxylic acid groups (broad SMARTS) is 1. The van der Waals surface area contributed by atoms with Gasteiger partial charge in [0.25, 0.3) is 0 Å². The molecule has 0 aliphatic heterocycles. The molecule has 0 saturated carbocycles. The number of aromatic nitrogens is 1. The minimum Gasteiger partial charge on any atom is -0.480 e. The van der Waals surface area contributed by atoms with Gasteiger partial charge in [-0.3, -0.25) is 9.78 Å². The highest BCUT2D eigenvalue weighted by molar-refractivity contribution is 7.88. The van der Waals surface area contributed by atoms with Gasteiger partial charge in [-0.15, -0.1) is 0 Å². The average Bonchev–Trinajstić information content (AvgIpc) is 2.16. The Morgan fingerprint density at radius 3 is 2.62 bits per heavy atom. The zero-order valence-electron chi connectivity index (χ0n) is 8.70. The Kier molecular flexibility index (Phi) is 3.97. The van der Waals surface area contributed by atoms with Crippen LogP contribution < -0.4 is 0 Å². The summed E-state index contributed by atoms with van der Waals surface area (Å²) in [6.45, 7) is -0.596. The van der Waals surface area contributed by atoms with Crippen LogP contribution in [0.2, 0.25) is 0 Å². The van der Waals surface area contributed by atoms with Gasteiger partial charge in [0.2, 0.25) is 10.0 Å². The molecule has 1 aromatic rings. The van der Waals surface area contributed by atoms with Crippen molar-refractivity contribution in [3.8, 4) is 0 Å². The van der Waals surface area contributed by atoms with Crippen LogP contribution in [0.5, 0.6) is 0 Å². The Labute approximate surface area is 93.6 Å². The largest absolute Gasteiger partial charge is 0.480 e. The first-order valence-corrected chi connectivity index (χ1v) is 6.31. The quantitative estimate of drug-likeness (QED) is 0.783. The normalized spacial score (nSPS) is 11.6. The lowest BCUT2D eigenvalue weighted by molar-refractivity contribution is -0.137. The smallest absolute Gasteiger partial charge is 0.318 e. The molecule has 0 radical (unpaired) electrons.